The highest BCUT2D eigenvalue weighted by atomic mass is 35.5. The fourth-order valence-electron chi connectivity index (χ4n) is 2.03. The average molecular weight is 327 g/mol. The maximum atomic E-state index is 12.4. The Balaban J connectivity index is 2.31. The van der Waals surface area contributed by atoms with E-state index in [4.69, 9.17) is 16.3 Å². The largest absolute Gasteiger partial charge is 0.496 e. The van der Waals surface area contributed by atoms with Crippen LogP contribution in [-0.4, -0.2) is 26.4 Å². The Kier molecular flexibility index (Phi) is 4.88. The van der Waals surface area contributed by atoms with Crippen LogP contribution in [0.3, 0.4) is 0 Å². The average Bonchev–Trinajstić information content (AvgIpc) is 2.47. The number of para-hydroxylation sites is 1. The number of hydrogen-bond donors (Lipinski definition) is 1. The Morgan fingerprint density at radius 3 is 2.43 bits per heavy atom. The van der Waals surface area contributed by atoms with Gasteiger partial charge in [-0.25, -0.2) is 8.42 Å². The quantitative estimate of drug-likeness (QED) is 0.917. The number of methoxy groups -OCH3 is 1. The number of aliphatic hydroxyl groups is 1. The molecular formula is C15H15ClO4S. The van der Waals surface area contributed by atoms with Crippen LogP contribution in [0.4, 0.5) is 0 Å². The van der Waals surface area contributed by atoms with Crippen LogP contribution in [0.25, 0.3) is 0 Å². The van der Waals surface area contributed by atoms with Gasteiger partial charge < -0.3 is 9.84 Å². The molecule has 0 aliphatic rings. The van der Waals surface area contributed by atoms with Crippen molar-refractivity contribution in [2.75, 3.05) is 12.9 Å². The minimum absolute atomic E-state index is 0.0145. The second-order valence-corrected chi connectivity index (χ2v) is 6.88. The first kappa shape index (κ1) is 15.8. The third kappa shape index (κ3) is 3.56. The molecule has 0 aliphatic heterocycles. The predicted octanol–water partition coefficient (Wildman–Crippen LogP) is 2.86. The molecule has 0 bridgehead atoms. The van der Waals surface area contributed by atoms with E-state index < -0.39 is 21.7 Å². The van der Waals surface area contributed by atoms with Gasteiger partial charge in [-0.15, -0.1) is 0 Å². The summed E-state index contributed by atoms with van der Waals surface area (Å²) in [5.74, 6) is -0.0174. The van der Waals surface area contributed by atoms with Gasteiger partial charge in [-0.3, -0.25) is 0 Å². The smallest absolute Gasteiger partial charge is 0.182 e. The minimum Gasteiger partial charge on any atom is -0.496 e. The number of benzene rings is 2. The van der Waals surface area contributed by atoms with E-state index in [1.807, 2.05) is 0 Å². The van der Waals surface area contributed by atoms with Gasteiger partial charge in [0.2, 0.25) is 0 Å². The van der Waals surface area contributed by atoms with Gasteiger partial charge in [0.15, 0.2) is 9.84 Å². The van der Waals surface area contributed by atoms with Crippen molar-refractivity contribution in [3.8, 4) is 5.75 Å². The van der Waals surface area contributed by atoms with E-state index in [9.17, 15) is 13.5 Å². The number of ether oxygens (including phenoxy) is 1. The van der Waals surface area contributed by atoms with E-state index >= 15 is 0 Å². The highest BCUT2D eigenvalue weighted by molar-refractivity contribution is 7.91. The monoisotopic (exact) mass is 326 g/mol. The molecule has 4 nitrogen and oxygen atoms in total. The highest BCUT2D eigenvalue weighted by Crippen LogP contribution is 2.29. The van der Waals surface area contributed by atoms with Gasteiger partial charge in [0.05, 0.1) is 28.9 Å². The number of rotatable bonds is 5. The molecule has 0 fully saturated rings. The Morgan fingerprint density at radius 2 is 1.76 bits per heavy atom. The fourth-order valence-corrected chi connectivity index (χ4v) is 3.94. The molecule has 1 atom stereocenters. The molecule has 0 radical (unpaired) electrons. The molecule has 1 unspecified atom stereocenters. The van der Waals surface area contributed by atoms with Crippen molar-refractivity contribution in [2.45, 2.75) is 11.0 Å². The van der Waals surface area contributed by atoms with E-state index in [0.717, 1.165) is 0 Å². The van der Waals surface area contributed by atoms with E-state index in [-0.39, 0.29) is 9.92 Å². The van der Waals surface area contributed by atoms with Gasteiger partial charge in [0.1, 0.15) is 5.75 Å². The molecule has 2 aromatic rings. The first-order chi connectivity index (χ1) is 9.95. The second-order valence-electron chi connectivity index (χ2n) is 4.47. The lowest BCUT2D eigenvalue weighted by molar-refractivity contribution is 0.196. The topological polar surface area (TPSA) is 63.6 Å². The molecule has 0 heterocycles. The van der Waals surface area contributed by atoms with Gasteiger partial charge in [0.25, 0.3) is 0 Å². The summed E-state index contributed by atoms with van der Waals surface area (Å²) in [6, 6.07) is 12.9. The third-order valence-electron chi connectivity index (χ3n) is 3.05. The van der Waals surface area contributed by atoms with Gasteiger partial charge in [-0.2, -0.15) is 0 Å². The molecule has 112 valence electrons. The lowest BCUT2D eigenvalue weighted by Gasteiger charge is -2.15. The third-order valence-corrected chi connectivity index (χ3v) is 5.27. The Morgan fingerprint density at radius 1 is 1.14 bits per heavy atom. The molecule has 2 aromatic carbocycles. The molecule has 6 heteroatoms. The van der Waals surface area contributed by atoms with Crippen molar-refractivity contribution >= 4 is 21.4 Å². The molecule has 0 aliphatic carbocycles. The first-order valence-corrected chi connectivity index (χ1v) is 8.27. The molecule has 2 rings (SSSR count). The first-order valence-electron chi connectivity index (χ1n) is 6.24. The van der Waals surface area contributed by atoms with Crippen LogP contribution in [0.2, 0.25) is 5.02 Å². The Labute approximate surface area is 128 Å². The Bertz CT molecular complexity index is 728. The van der Waals surface area contributed by atoms with E-state index in [2.05, 4.69) is 0 Å². The number of aliphatic hydroxyl groups excluding tert-OH is 1. The summed E-state index contributed by atoms with van der Waals surface area (Å²) < 4.78 is 29.8. The zero-order chi connectivity index (χ0) is 15.5. The normalized spacial score (nSPS) is 12.9. The summed E-state index contributed by atoms with van der Waals surface area (Å²) in [7, 11) is -2.23. The maximum Gasteiger partial charge on any atom is 0.182 e. The molecule has 21 heavy (non-hydrogen) atoms. The Hall–Kier alpha value is -1.56. The number of hydrogen-bond acceptors (Lipinski definition) is 4. The van der Waals surface area contributed by atoms with E-state index in [0.29, 0.717) is 11.3 Å². The molecule has 0 saturated heterocycles. The maximum absolute atomic E-state index is 12.4. The van der Waals surface area contributed by atoms with Crippen molar-refractivity contribution in [1.82, 2.24) is 0 Å². The molecule has 1 N–H and O–H groups in total. The molecule has 0 amide bonds. The van der Waals surface area contributed by atoms with Crippen LogP contribution >= 0.6 is 11.6 Å². The SMILES string of the molecule is COc1ccccc1C(O)CS(=O)(=O)c1ccccc1Cl. The van der Waals surface area contributed by atoms with Crippen LogP contribution in [0.1, 0.15) is 11.7 Å². The summed E-state index contributed by atoms with van der Waals surface area (Å²) in [6.07, 6.45) is -1.19. The van der Waals surface area contributed by atoms with Gasteiger partial charge in [-0.1, -0.05) is 41.9 Å². The van der Waals surface area contributed by atoms with Crippen LogP contribution < -0.4 is 4.74 Å². The highest BCUT2D eigenvalue weighted by Gasteiger charge is 2.24. The lowest BCUT2D eigenvalue weighted by atomic mass is 10.1. The minimum atomic E-state index is -3.70. The second kappa shape index (κ2) is 6.47. The summed E-state index contributed by atoms with van der Waals surface area (Å²) in [6.45, 7) is 0. The summed E-state index contributed by atoms with van der Waals surface area (Å²) in [4.78, 5) is 0.0145. The van der Waals surface area contributed by atoms with E-state index in [1.54, 1.807) is 36.4 Å². The summed E-state index contributed by atoms with van der Waals surface area (Å²) >= 11 is 5.91. The standard InChI is InChI=1S/C15H15ClO4S/c1-20-14-8-4-2-6-11(14)13(17)10-21(18,19)15-9-5-3-7-12(15)16/h2-9,13,17H,10H2,1H3. The molecule has 0 aromatic heterocycles. The summed E-state index contributed by atoms with van der Waals surface area (Å²) in [5.41, 5.74) is 0.427. The number of halogens is 1. The predicted molar refractivity (Wildman–Crippen MR) is 81.5 cm³/mol. The van der Waals surface area contributed by atoms with Gasteiger partial charge >= 0.3 is 0 Å². The van der Waals surface area contributed by atoms with E-state index in [1.165, 1.54) is 19.2 Å². The van der Waals surface area contributed by atoms with Crippen LogP contribution in [0, 0.1) is 0 Å². The van der Waals surface area contributed by atoms with Gasteiger partial charge in [0, 0.05) is 5.56 Å². The van der Waals surface area contributed by atoms with Crippen molar-refractivity contribution in [2.24, 2.45) is 0 Å². The number of sulfone groups is 1. The van der Waals surface area contributed by atoms with Crippen molar-refractivity contribution in [1.29, 1.82) is 0 Å². The van der Waals surface area contributed by atoms with Crippen LogP contribution in [0.15, 0.2) is 53.4 Å². The lowest BCUT2D eigenvalue weighted by Crippen LogP contribution is -2.15. The zero-order valence-electron chi connectivity index (χ0n) is 11.4. The van der Waals surface area contributed by atoms with Crippen molar-refractivity contribution < 1.29 is 18.3 Å². The van der Waals surface area contributed by atoms with Crippen molar-refractivity contribution in [3.05, 3.63) is 59.1 Å². The molecular weight excluding hydrogens is 312 g/mol. The van der Waals surface area contributed by atoms with Crippen molar-refractivity contribution in [3.63, 3.8) is 0 Å². The molecule has 0 saturated carbocycles. The molecule has 0 spiro atoms. The summed E-state index contributed by atoms with van der Waals surface area (Å²) in [5, 5.41) is 10.4. The zero-order valence-corrected chi connectivity index (χ0v) is 12.9. The van der Waals surface area contributed by atoms with Crippen LogP contribution in [0.5, 0.6) is 5.75 Å². The van der Waals surface area contributed by atoms with Crippen LogP contribution in [-0.2, 0) is 9.84 Å². The fraction of sp³-hybridized carbons (Fsp3) is 0.200. The van der Waals surface area contributed by atoms with Gasteiger partial charge in [-0.05, 0) is 18.2 Å².